The van der Waals surface area contributed by atoms with E-state index in [0.717, 1.165) is 34.4 Å². The first kappa shape index (κ1) is 19.6. The Morgan fingerprint density at radius 1 is 1.04 bits per heavy atom. The Bertz CT molecular complexity index is 983. The highest BCUT2D eigenvalue weighted by molar-refractivity contribution is 7.89. The molecule has 5 nitrogen and oxygen atoms in total. The minimum absolute atomic E-state index is 0.0929. The van der Waals surface area contributed by atoms with Crippen LogP contribution >= 0.6 is 0 Å². The standard InChI is InChI=1S/C21H26N2O3S/c1-14-7-8-15(2)19(12-14)17(4)22-27(25,26)18-9-10-20(16(3)13-18)23-11-5-6-21(23)24/h7-10,12-13,17,22H,5-6,11H2,1-4H3. The molecule has 0 radical (unpaired) electrons. The highest BCUT2D eigenvalue weighted by atomic mass is 32.2. The zero-order chi connectivity index (χ0) is 19.8. The molecule has 0 bridgehead atoms. The number of hydrogen-bond donors (Lipinski definition) is 1. The van der Waals surface area contributed by atoms with Gasteiger partial charge in [-0.1, -0.05) is 23.8 Å². The van der Waals surface area contributed by atoms with Crippen molar-refractivity contribution >= 4 is 21.6 Å². The lowest BCUT2D eigenvalue weighted by Crippen LogP contribution is -2.28. The Labute approximate surface area is 161 Å². The summed E-state index contributed by atoms with van der Waals surface area (Å²) in [7, 11) is -3.67. The lowest BCUT2D eigenvalue weighted by atomic mass is 10.0. The van der Waals surface area contributed by atoms with Crippen LogP contribution in [0.2, 0.25) is 0 Å². The van der Waals surface area contributed by atoms with Crippen molar-refractivity contribution in [3.63, 3.8) is 0 Å². The third-order valence-electron chi connectivity index (χ3n) is 5.08. The topological polar surface area (TPSA) is 66.5 Å². The molecule has 144 valence electrons. The van der Waals surface area contributed by atoms with Gasteiger partial charge in [-0.3, -0.25) is 4.79 Å². The molecule has 1 aliphatic rings. The molecule has 1 fully saturated rings. The van der Waals surface area contributed by atoms with Gasteiger partial charge in [-0.05, 0) is 69.0 Å². The van der Waals surface area contributed by atoms with E-state index in [4.69, 9.17) is 0 Å². The summed E-state index contributed by atoms with van der Waals surface area (Å²) in [6.07, 6.45) is 1.39. The molecule has 6 heteroatoms. The van der Waals surface area contributed by atoms with Crippen LogP contribution < -0.4 is 9.62 Å². The Hall–Kier alpha value is -2.18. The highest BCUT2D eigenvalue weighted by Crippen LogP contribution is 2.28. The van der Waals surface area contributed by atoms with E-state index in [1.807, 2.05) is 45.9 Å². The summed E-state index contributed by atoms with van der Waals surface area (Å²) < 4.78 is 28.5. The molecule has 0 aliphatic carbocycles. The number of amides is 1. The van der Waals surface area contributed by atoms with Crippen molar-refractivity contribution in [2.45, 2.75) is 51.5 Å². The average molecular weight is 387 g/mol. The maximum Gasteiger partial charge on any atom is 0.241 e. The van der Waals surface area contributed by atoms with E-state index < -0.39 is 10.0 Å². The minimum Gasteiger partial charge on any atom is -0.312 e. The van der Waals surface area contributed by atoms with Gasteiger partial charge in [0, 0.05) is 24.7 Å². The number of benzene rings is 2. The van der Waals surface area contributed by atoms with Gasteiger partial charge in [0.25, 0.3) is 0 Å². The molecule has 1 heterocycles. The quantitative estimate of drug-likeness (QED) is 0.850. The van der Waals surface area contributed by atoms with E-state index in [-0.39, 0.29) is 16.8 Å². The predicted molar refractivity (Wildman–Crippen MR) is 107 cm³/mol. The number of hydrogen-bond acceptors (Lipinski definition) is 3. The van der Waals surface area contributed by atoms with Gasteiger partial charge in [-0.2, -0.15) is 0 Å². The number of anilines is 1. The second kappa shape index (κ2) is 7.44. The van der Waals surface area contributed by atoms with Crippen LogP contribution in [-0.4, -0.2) is 20.9 Å². The zero-order valence-corrected chi connectivity index (χ0v) is 17.1. The number of sulfonamides is 1. The fourth-order valence-corrected chi connectivity index (χ4v) is 4.90. The molecule has 2 aromatic rings. The van der Waals surface area contributed by atoms with Crippen molar-refractivity contribution in [1.29, 1.82) is 0 Å². The fourth-order valence-electron chi connectivity index (χ4n) is 3.59. The fraction of sp³-hybridized carbons (Fsp3) is 0.381. The van der Waals surface area contributed by atoms with Crippen molar-refractivity contribution in [3.8, 4) is 0 Å². The number of nitrogens with one attached hydrogen (secondary N) is 1. The second-order valence-corrected chi connectivity index (χ2v) is 9.01. The van der Waals surface area contributed by atoms with Crippen LogP contribution in [0, 0.1) is 20.8 Å². The van der Waals surface area contributed by atoms with Crippen LogP contribution in [0.4, 0.5) is 5.69 Å². The van der Waals surface area contributed by atoms with Crippen molar-refractivity contribution in [2.24, 2.45) is 0 Å². The van der Waals surface area contributed by atoms with Gasteiger partial charge in [-0.25, -0.2) is 13.1 Å². The summed E-state index contributed by atoms with van der Waals surface area (Å²) in [5, 5.41) is 0. The van der Waals surface area contributed by atoms with Crippen molar-refractivity contribution in [1.82, 2.24) is 4.72 Å². The van der Waals surface area contributed by atoms with E-state index in [9.17, 15) is 13.2 Å². The number of carbonyl (C=O) groups excluding carboxylic acids is 1. The van der Waals surface area contributed by atoms with E-state index >= 15 is 0 Å². The molecule has 3 rings (SSSR count). The van der Waals surface area contributed by atoms with E-state index in [0.29, 0.717) is 13.0 Å². The maximum absolute atomic E-state index is 12.9. The first-order valence-electron chi connectivity index (χ1n) is 9.19. The van der Waals surface area contributed by atoms with Crippen molar-refractivity contribution in [3.05, 3.63) is 58.7 Å². The smallest absolute Gasteiger partial charge is 0.241 e. The molecular formula is C21H26N2O3S. The molecule has 1 atom stereocenters. The van der Waals surface area contributed by atoms with Gasteiger partial charge in [0.05, 0.1) is 4.90 Å². The second-order valence-electron chi connectivity index (χ2n) is 7.30. The summed E-state index contributed by atoms with van der Waals surface area (Å²) in [5.74, 6) is 0.0929. The first-order valence-corrected chi connectivity index (χ1v) is 10.7. The predicted octanol–water partition coefficient (Wildman–Crippen LogP) is 3.78. The Kier molecular flexibility index (Phi) is 5.40. The van der Waals surface area contributed by atoms with Crippen LogP contribution in [0.5, 0.6) is 0 Å². The molecule has 27 heavy (non-hydrogen) atoms. The van der Waals surface area contributed by atoms with Gasteiger partial charge >= 0.3 is 0 Å². The van der Waals surface area contributed by atoms with Crippen molar-refractivity contribution < 1.29 is 13.2 Å². The molecule has 0 spiro atoms. The SMILES string of the molecule is Cc1ccc(C)c(C(C)NS(=O)(=O)c2ccc(N3CCCC3=O)c(C)c2)c1. The third kappa shape index (κ3) is 4.06. The minimum atomic E-state index is -3.67. The van der Waals surface area contributed by atoms with Crippen LogP contribution in [-0.2, 0) is 14.8 Å². The molecule has 0 saturated carbocycles. The molecule has 1 aliphatic heterocycles. The lowest BCUT2D eigenvalue weighted by molar-refractivity contribution is -0.117. The van der Waals surface area contributed by atoms with Crippen LogP contribution in [0.25, 0.3) is 0 Å². The van der Waals surface area contributed by atoms with Gasteiger partial charge < -0.3 is 4.90 Å². The molecule has 1 saturated heterocycles. The van der Waals surface area contributed by atoms with Gasteiger partial charge in [-0.15, -0.1) is 0 Å². The first-order chi connectivity index (χ1) is 12.7. The van der Waals surface area contributed by atoms with E-state index in [1.54, 1.807) is 23.1 Å². The number of rotatable bonds is 5. The van der Waals surface area contributed by atoms with E-state index in [2.05, 4.69) is 4.72 Å². The van der Waals surface area contributed by atoms with Crippen LogP contribution in [0.3, 0.4) is 0 Å². The molecule has 0 aromatic heterocycles. The summed E-state index contributed by atoms with van der Waals surface area (Å²) in [5.41, 5.74) is 4.69. The van der Waals surface area contributed by atoms with Gasteiger partial charge in [0.1, 0.15) is 0 Å². The van der Waals surface area contributed by atoms with Gasteiger partial charge in [0.2, 0.25) is 15.9 Å². The average Bonchev–Trinajstić information content (AvgIpc) is 3.02. The summed E-state index contributed by atoms with van der Waals surface area (Å²) in [6.45, 7) is 8.35. The third-order valence-corrected chi connectivity index (χ3v) is 6.61. The molecular weight excluding hydrogens is 360 g/mol. The summed E-state index contributed by atoms with van der Waals surface area (Å²) >= 11 is 0. The van der Waals surface area contributed by atoms with Crippen LogP contribution in [0.1, 0.15) is 48.1 Å². The van der Waals surface area contributed by atoms with Crippen LogP contribution in [0.15, 0.2) is 41.3 Å². The summed E-state index contributed by atoms with van der Waals surface area (Å²) in [4.78, 5) is 13.9. The summed E-state index contributed by atoms with van der Waals surface area (Å²) in [6, 6.07) is 10.6. The number of nitrogens with zero attached hydrogens (tertiary/aromatic N) is 1. The Morgan fingerprint density at radius 3 is 2.41 bits per heavy atom. The Morgan fingerprint density at radius 2 is 1.78 bits per heavy atom. The largest absolute Gasteiger partial charge is 0.312 e. The van der Waals surface area contributed by atoms with E-state index in [1.165, 1.54) is 0 Å². The lowest BCUT2D eigenvalue weighted by Gasteiger charge is -2.20. The van der Waals surface area contributed by atoms with Gasteiger partial charge in [0.15, 0.2) is 0 Å². The molecule has 1 amide bonds. The Balaban J connectivity index is 1.85. The highest BCUT2D eigenvalue weighted by Gasteiger charge is 2.25. The number of carbonyl (C=O) groups is 1. The monoisotopic (exact) mass is 386 g/mol. The number of aryl methyl sites for hydroxylation is 3. The normalized spacial score (nSPS) is 16.0. The molecule has 1 unspecified atom stereocenters. The molecule has 1 N–H and O–H groups in total. The molecule has 2 aromatic carbocycles. The maximum atomic E-state index is 12.9. The zero-order valence-electron chi connectivity index (χ0n) is 16.2. The van der Waals surface area contributed by atoms with Crippen molar-refractivity contribution in [2.75, 3.05) is 11.4 Å².